The Bertz CT molecular complexity index is 592. The zero-order valence-electron chi connectivity index (χ0n) is 12.1. The summed E-state index contributed by atoms with van der Waals surface area (Å²) in [5.74, 6) is -1.83. The number of rotatable bonds is 7. The first-order valence-electron chi connectivity index (χ1n) is 6.54. The van der Waals surface area contributed by atoms with Crippen LogP contribution in [0.15, 0.2) is 23.8 Å². The van der Waals surface area contributed by atoms with Gasteiger partial charge in [0.1, 0.15) is 0 Å². The van der Waals surface area contributed by atoms with Crippen LogP contribution in [0.5, 0.6) is 5.75 Å². The lowest BCUT2D eigenvalue weighted by atomic mass is 10.2. The lowest BCUT2D eigenvalue weighted by Crippen LogP contribution is -2.27. The third-order valence-electron chi connectivity index (χ3n) is 2.65. The Morgan fingerprint density at radius 2 is 2.19 bits per heavy atom. The molecule has 1 heterocycles. The number of aromatic nitrogens is 2. The molecule has 0 saturated carbocycles. The molecule has 0 aliphatic heterocycles. The fraction of sp³-hybridized carbons (Fsp3) is 0.429. The maximum atomic E-state index is 12.2. The molecular weight excluding hydrogens is 276 g/mol. The number of nitrogens with zero attached hydrogens (tertiary/aromatic N) is 2. The molecule has 0 aromatic carbocycles. The molecule has 0 aliphatic rings. The summed E-state index contributed by atoms with van der Waals surface area (Å²) in [6, 6.07) is 0. The average molecular weight is 294 g/mol. The van der Waals surface area contributed by atoms with Crippen molar-refractivity contribution < 1.29 is 19.1 Å². The molecule has 0 amide bonds. The Balaban J connectivity index is 3.19. The van der Waals surface area contributed by atoms with Crippen LogP contribution in [0.4, 0.5) is 0 Å². The SMILES string of the molecule is C=CCn1cnc(C(=O)OC)c(OC(=O)CCCC)c1=O. The van der Waals surface area contributed by atoms with Crippen molar-refractivity contribution in [1.29, 1.82) is 0 Å². The van der Waals surface area contributed by atoms with Crippen LogP contribution in [0.1, 0.15) is 36.7 Å². The van der Waals surface area contributed by atoms with Gasteiger partial charge in [-0.25, -0.2) is 9.78 Å². The van der Waals surface area contributed by atoms with Crippen molar-refractivity contribution in [2.45, 2.75) is 32.7 Å². The van der Waals surface area contributed by atoms with Crippen molar-refractivity contribution in [2.24, 2.45) is 0 Å². The highest BCUT2D eigenvalue weighted by Crippen LogP contribution is 2.13. The number of methoxy groups -OCH3 is 1. The van der Waals surface area contributed by atoms with Gasteiger partial charge in [0.15, 0.2) is 5.69 Å². The van der Waals surface area contributed by atoms with Crippen LogP contribution < -0.4 is 10.3 Å². The summed E-state index contributed by atoms with van der Waals surface area (Å²) >= 11 is 0. The van der Waals surface area contributed by atoms with Crippen molar-refractivity contribution in [3.8, 4) is 5.75 Å². The molecule has 7 heteroatoms. The van der Waals surface area contributed by atoms with E-state index in [0.29, 0.717) is 6.42 Å². The van der Waals surface area contributed by atoms with Crippen LogP contribution in [0.25, 0.3) is 0 Å². The maximum absolute atomic E-state index is 12.2. The predicted octanol–water partition coefficient (Wildman–Crippen LogP) is 1.31. The molecule has 114 valence electrons. The number of carbonyl (C=O) groups is 2. The van der Waals surface area contributed by atoms with Gasteiger partial charge in [0.25, 0.3) is 5.56 Å². The molecule has 0 fully saturated rings. The van der Waals surface area contributed by atoms with E-state index in [-0.39, 0.29) is 18.7 Å². The summed E-state index contributed by atoms with van der Waals surface area (Å²) in [6.45, 7) is 5.63. The van der Waals surface area contributed by atoms with Crippen molar-refractivity contribution >= 4 is 11.9 Å². The second kappa shape index (κ2) is 7.98. The van der Waals surface area contributed by atoms with Crippen LogP contribution >= 0.6 is 0 Å². The van der Waals surface area contributed by atoms with Gasteiger partial charge in [0.2, 0.25) is 5.75 Å². The molecular formula is C14H18N2O5. The first-order valence-corrected chi connectivity index (χ1v) is 6.54. The van der Waals surface area contributed by atoms with E-state index in [2.05, 4.69) is 16.3 Å². The van der Waals surface area contributed by atoms with E-state index in [1.807, 2.05) is 6.92 Å². The lowest BCUT2D eigenvalue weighted by Gasteiger charge is -2.09. The molecule has 1 aromatic heterocycles. The van der Waals surface area contributed by atoms with E-state index in [1.54, 1.807) is 0 Å². The fourth-order valence-electron chi connectivity index (χ4n) is 1.56. The van der Waals surface area contributed by atoms with Crippen LogP contribution in [0.2, 0.25) is 0 Å². The first kappa shape index (κ1) is 16.6. The zero-order valence-corrected chi connectivity index (χ0v) is 12.1. The molecule has 21 heavy (non-hydrogen) atoms. The molecule has 0 unspecified atom stereocenters. The summed E-state index contributed by atoms with van der Waals surface area (Å²) < 4.78 is 10.7. The number of esters is 2. The van der Waals surface area contributed by atoms with Gasteiger partial charge < -0.3 is 9.47 Å². The number of hydrogen-bond donors (Lipinski definition) is 0. The summed E-state index contributed by atoms with van der Waals surface area (Å²) in [6.07, 6.45) is 4.27. The Labute approximate surface area is 122 Å². The largest absolute Gasteiger partial charge is 0.464 e. The topological polar surface area (TPSA) is 87.5 Å². The average Bonchev–Trinajstić information content (AvgIpc) is 2.48. The van der Waals surface area contributed by atoms with Crippen LogP contribution in [-0.2, 0) is 16.1 Å². The van der Waals surface area contributed by atoms with Gasteiger partial charge in [-0.2, -0.15) is 0 Å². The molecule has 0 aliphatic carbocycles. The highest BCUT2D eigenvalue weighted by molar-refractivity contribution is 5.91. The van der Waals surface area contributed by atoms with E-state index >= 15 is 0 Å². The smallest absolute Gasteiger partial charge is 0.360 e. The molecule has 0 saturated heterocycles. The third-order valence-corrected chi connectivity index (χ3v) is 2.65. The van der Waals surface area contributed by atoms with Gasteiger partial charge in [-0.05, 0) is 6.42 Å². The maximum Gasteiger partial charge on any atom is 0.360 e. The monoisotopic (exact) mass is 294 g/mol. The standard InChI is InChI=1S/C14H18N2O5/c1-4-6-7-10(17)21-12-11(14(19)20-3)15-9-16(8-5-2)13(12)18/h5,9H,2,4,6-8H2,1,3H3. The molecule has 1 rings (SSSR count). The van der Waals surface area contributed by atoms with Crippen LogP contribution in [0, 0.1) is 0 Å². The second-order valence-corrected chi connectivity index (χ2v) is 4.24. The van der Waals surface area contributed by atoms with Gasteiger partial charge in [-0.3, -0.25) is 14.2 Å². The Kier molecular flexibility index (Phi) is 6.32. The Morgan fingerprint density at radius 1 is 1.48 bits per heavy atom. The van der Waals surface area contributed by atoms with Crippen LogP contribution in [0.3, 0.4) is 0 Å². The normalized spacial score (nSPS) is 10.0. The van der Waals surface area contributed by atoms with Gasteiger partial charge in [0, 0.05) is 13.0 Å². The number of unbranched alkanes of at least 4 members (excludes halogenated alkanes) is 1. The van der Waals surface area contributed by atoms with E-state index < -0.39 is 23.2 Å². The molecule has 0 N–H and O–H groups in total. The molecule has 7 nitrogen and oxygen atoms in total. The minimum atomic E-state index is -0.837. The number of hydrogen-bond acceptors (Lipinski definition) is 6. The fourth-order valence-corrected chi connectivity index (χ4v) is 1.56. The van der Waals surface area contributed by atoms with Gasteiger partial charge in [0.05, 0.1) is 13.4 Å². The minimum absolute atomic E-state index is 0.160. The van der Waals surface area contributed by atoms with Crippen molar-refractivity contribution in [3.05, 3.63) is 35.0 Å². The van der Waals surface area contributed by atoms with Crippen LogP contribution in [-0.4, -0.2) is 28.6 Å². The summed E-state index contributed by atoms with van der Waals surface area (Å²) in [4.78, 5) is 39.3. The highest BCUT2D eigenvalue weighted by atomic mass is 16.5. The molecule has 0 bridgehead atoms. The van der Waals surface area contributed by atoms with E-state index in [1.165, 1.54) is 17.0 Å². The van der Waals surface area contributed by atoms with Crippen molar-refractivity contribution in [2.75, 3.05) is 7.11 Å². The number of allylic oxidation sites excluding steroid dienone is 1. The zero-order chi connectivity index (χ0) is 15.8. The predicted molar refractivity (Wildman–Crippen MR) is 75.2 cm³/mol. The Morgan fingerprint density at radius 3 is 2.76 bits per heavy atom. The third kappa shape index (κ3) is 4.27. The van der Waals surface area contributed by atoms with E-state index in [0.717, 1.165) is 13.5 Å². The molecule has 0 atom stereocenters. The summed E-state index contributed by atoms with van der Waals surface area (Å²) in [7, 11) is 1.15. The van der Waals surface area contributed by atoms with E-state index in [4.69, 9.17) is 4.74 Å². The van der Waals surface area contributed by atoms with Gasteiger partial charge >= 0.3 is 11.9 Å². The minimum Gasteiger partial charge on any atom is -0.464 e. The first-order chi connectivity index (χ1) is 10.0. The quantitative estimate of drug-likeness (QED) is 0.556. The molecule has 0 spiro atoms. The molecule has 1 aromatic rings. The van der Waals surface area contributed by atoms with E-state index in [9.17, 15) is 14.4 Å². The van der Waals surface area contributed by atoms with Crippen molar-refractivity contribution in [3.63, 3.8) is 0 Å². The summed E-state index contributed by atoms with van der Waals surface area (Å²) in [5, 5.41) is 0. The van der Waals surface area contributed by atoms with Crippen molar-refractivity contribution in [1.82, 2.24) is 9.55 Å². The van der Waals surface area contributed by atoms with Gasteiger partial charge in [-0.1, -0.05) is 19.4 Å². The Hall–Kier alpha value is -2.44. The van der Waals surface area contributed by atoms with Gasteiger partial charge in [-0.15, -0.1) is 6.58 Å². The number of ether oxygens (including phenoxy) is 2. The highest BCUT2D eigenvalue weighted by Gasteiger charge is 2.22. The second-order valence-electron chi connectivity index (χ2n) is 4.24. The summed E-state index contributed by atoms with van der Waals surface area (Å²) in [5.41, 5.74) is -0.942. The number of carbonyl (C=O) groups excluding carboxylic acids is 2. The molecule has 0 radical (unpaired) electrons. The lowest BCUT2D eigenvalue weighted by molar-refractivity contribution is -0.134.